The predicted molar refractivity (Wildman–Crippen MR) is 72.3 cm³/mol. The number of carboxylic acids is 1. The van der Waals surface area contributed by atoms with Gasteiger partial charge in [-0.3, -0.25) is 0 Å². The molecule has 2 rings (SSSR count). The molecular formula is C12H10BrNO3S. The maximum absolute atomic E-state index is 11.0. The van der Waals surface area contributed by atoms with E-state index in [2.05, 4.69) is 20.9 Å². The molecule has 6 heteroatoms. The number of carbonyl (C=O) groups is 1. The highest BCUT2D eigenvalue weighted by molar-refractivity contribution is 9.10. The van der Waals surface area contributed by atoms with Gasteiger partial charge in [0.1, 0.15) is 17.9 Å². The normalized spacial score (nSPS) is 10.3. The lowest BCUT2D eigenvalue weighted by atomic mass is 10.2. The van der Waals surface area contributed by atoms with E-state index in [1.165, 1.54) is 17.4 Å². The molecule has 1 N–H and O–H groups in total. The van der Waals surface area contributed by atoms with Crippen LogP contribution in [0.3, 0.4) is 0 Å². The standard InChI is InChI=1S/C12H10BrNO3S/c1-7-14-9(6-18-7)5-17-11-4-8(13)2-3-10(11)12(15)16/h2-4,6H,5H2,1H3,(H,15,16). The van der Waals surface area contributed by atoms with E-state index >= 15 is 0 Å². The molecular weight excluding hydrogens is 318 g/mol. The van der Waals surface area contributed by atoms with Gasteiger partial charge in [-0.1, -0.05) is 15.9 Å². The molecule has 1 heterocycles. The Hall–Kier alpha value is -1.40. The third-order valence-electron chi connectivity index (χ3n) is 2.22. The van der Waals surface area contributed by atoms with E-state index in [0.29, 0.717) is 5.75 Å². The van der Waals surface area contributed by atoms with Gasteiger partial charge in [0.25, 0.3) is 0 Å². The number of hydrogen-bond donors (Lipinski definition) is 1. The van der Waals surface area contributed by atoms with Crippen molar-refractivity contribution in [1.29, 1.82) is 0 Å². The predicted octanol–water partition coefficient (Wildman–Crippen LogP) is 3.49. The Bertz CT molecular complexity index is 582. The number of nitrogens with zero attached hydrogens (tertiary/aromatic N) is 1. The van der Waals surface area contributed by atoms with Crippen molar-refractivity contribution in [2.45, 2.75) is 13.5 Å². The van der Waals surface area contributed by atoms with Gasteiger partial charge in [-0.05, 0) is 25.1 Å². The molecule has 0 fully saturated rings. The summed E-state index contributed by atoms with van der Waals surface area (Å²) in [5, 5.41) is 11.9. The first kappa shape index (κ1) is 13.0. The minimum absolute atomic E-state index is 0.144. The van der Waals surface area contributed by atoms with Gasteiger partial charge >= 0.3 is 5.97 Å². The van der Waals surface area contributed by atoms with Gasteiger partial charge in [-0.25, -0.2) is 9.78 Å². The molecule has 94 valence electrons. The van der Waals surface area contributed by atoms with Crippen LogP contribution in [0.4, 0.5) is 0 Å². The molecule has 4 nitrogen and oxygen atoms in total. The summed E-state index contributed by atoms with van der Waals surface area (Å²) in [7, 11) is 0. The molecule has 0 aliphatic rings. The highest BCUT2D eigenvalue weighted by Crippen LogP contribution is 2.24. The molecule has 0 amide bonds. The zero-order valence-corrected chi connectivity index (χ0v) is 11.9. The topological polar surface area (TPSA) is 59.4 Å². The maximum atomic E-state index is 11.0. The summed E-state index contributed by atoms with van der Waals surface area (Å²) in [4.78, 5) is 15.3. The minimum atomic E-state index is -1.01. The Morgan fingerprint density at radius 1 is 1.56 bits per heavy atom. The van der Waals surface area contributed by atoms with Crippen LogP contribution in [0.2, 0.25) is 0 Å². The molecule has 1 aromatic heterocycles. The molecule has 0 atom stereocenters. The van der Waals surface area contributed by atoms with E-state index < -0.39 is 5.97 Å². The zero-order chi connectivity index (χ0) is 13.1. The Balaban J connectivity index is 2.17. The summed E-state index contributed by atoms with van der Waals surface area (Å²) in [6, 6.07) is 4.82. The van der Waals surface area contributed by atoms with Gasteiger partial charge in [0.2, 0.25) is 0 Å². The monoisotopic (exact) mass is 327 g/mol. The number of carboxylic acid groups (broad SMARTS) is 1. The Morgan fingerprint density at radius 2 is 2.33 bits per heavy atom. The van der Waals surface area contributed by atoms with Crippen LogP contribution in [-0.2, 0) is 6.61 Å². The number of halogens is 1. The lowest BCUT2D eigenvalue weighted by molar-refractivity contribution is 0.0691. The van der Waals surface area contributed by atoms with Gasteiger partial charge < -0.3 is 9.84 Å². The average Bonchev–Trinajstić information content (AvgIpc) is 2.72. The Labute approximate surface area is 116 Å². The maximum Gasteiger partial charge on any atom is 0.339 e. The van der Waals surface area contributed by atoms with Gasteiger partial charge in [-0.2, -0.15) is 0 Å². The van der Waals surface area contributed by atoms with Crippen LogP contribution >= 0.6 is 27.3 Å². The van der Waals surface area contributed by atoms with Crippen molar-refractivity contribution >= 4 is 33.2 Å². The molecule has 0 aliphatic carbocycles. The summed E-state index contributed by atoms with van der Waals surface area (Å²) in [6.45, 7) is 2.18. The third kappa shape index (κ3) is 3.08. The molecule has 0 saturated heterocycles. The Morgan fingerprint density at radius 3 is 2.94 bits per heavy atom. The van der Waals surface area contributed by atoms with Crippen molar-refractivity contribution in [2.24, 2.45) is 0 Å². The second kappa shape index (κ2) is 5.49. The number of aryl methyl sites for hydroxylation is 1. The van der Waals surface area contributed by atoms with Crippen molar-refractivity contribution < 1.29 is 14.6 Å². The van der Waals surface area contributed by atoms with Crippen molar-refractivity contribution in [3.05, 3.63) is 44.3 Å². The number of ether oxygens (including phenoxy) is 1. The van der Waals surface area contributed by atoms with Crippen LogP contribution in [0.5, 0.6) is 5.75 Å². The highest BCUT2D eigenvalue weighted by atomic mass is 79.9. The summed E-state index contributed by atoms with van der Waals surface area (Å²) in [5.74, 6) is -0.672. The molecule has 0 radical (unpaired) electrons. The first-order chi connectivity index (χ1) is 8.56. The zero-order valence-electron chi connectivity index (χ0n) is 9.51. The first-order valence-electron chi connectivity index (χ1n) is 5.13. The molecule has 0 bridgehead atoms. The Kier molecular flexibility index (Phi) is 3.98. The van der Waals surface area contributed by atoms with Crippen molar-refractivity contribution in [3.63, 3.8) is 0 Å². The number of rotatable bonds is 4. The number of aromatic carboxylic acids is 1. The molecule has 0 aliphatic heterocycles. The molecule has 0 unspecified atom stereocenters. The van der Waals surface area contributed by atoms with Crippen LogP contribution in [0.1, 0.15) is 21.1 Å². The molecule has 1 aromatic carbocycles. The third-order valence-corrected chi connectivity index (χ3v) is 3.53. The number of hydrogen-bond acceptors (Lipinski definition) is 4. The molecule has 18 heavy (non-hydrogen) atoms. The van der Waals surface area contributed by atoms with E-state index in [9.17, 15) is 4.79 Å². The van der Waals surface area contributed by atoms with E-state index in [4.69, 9.17) is 9.84 Å². The van der Waals surface area contributed by atoms with E-state index in [1.807, 2.05) is 12.3 Å². The number of aromatic nitrogens is 1. The van der Waals surface area contributed by atoms with Crippen molar-refractivity contribution in [3.8, 4) is 5.75 Å². The second-order valence-corrected chi connectivity index (χ2v) is 5.57. The summed E-state index contributed by atoms with van der Waals surface area (Å²) in [5.41, 5.74) is 0.943. The summed E-state index contributed by atoms with van der Waals surface area (Å²) in [6.07, 6.45) is 0. The SMILES string of the molecule is Cc1nc(COc2cc(Br)ccc2C(=O)O)cs1. The smallest absolute Gasteiger partial charge is 0.339 e. The lowest BCUT2D eigenvalue weighted by Gasteiger charge is -2.08. The molecule has 2 aromatic rings. The van der Waals surface area contributed by atoms with Gasteiger partial charge in [-0.15, -0.1) is 11.3 Å². The second-order valence-electron chi connectivity index (χ2n) is 3.59. The van der Waals surface area contributed by atoms with Gasteiger partial charge in [0.05, 0.1) is 10.7 Å². The first-order valence-corrected chi connectivity index (χ1v) is 6.80. The molecule has 0 saturated carbocycles. The van der Waals surface area contributed by atoms with Gasteiger partial charge in [0.15, 0.2) is 0 Å². The van der Waals surface area contributed by atoms with Gasteiger partial charge in [0, 0.05) is 9.85 Å². The average molecular weight is 328 g/mol. The lowest BCUT2D eigenvalue weighted by Crippen LogP contribution is -2.03. The number of benzene rings is 1. The van der Waals surface area contributed by atoms with Crippen LogP contribution in [0, 0.1) is 6.92 Å². The van der Waals surface area contributed by atoms with Crippen LogP contribution < -0.4 is 4.74 Å². The minimum Gasteiger partial charge on any atom is -0.486 e. The largest absolute Gasteiger partial charge is 0.486 e. The summed E-state index contributed by atoms with van der Waals surface area (Å²) >= 11 is 4.83. The van der Waals surface area contributed by atoms with Crippen LogP contribution in [-0.4, -0.2) is 16.1 Å². The van der Waals surface area contributed by atoms with Crippen LogP contribution in [0.15, 0.2) is 28.1 Å². The van der Waals surface area contributed by atoms with Crippen LogP contribution in [0.25, 0.3) is 0 Å². The van der Waals surface area contributed by atoms with Crippen molar-refractivity contribution in [2.75, 3.05) is 0 Å². The van der Waals surface area contributed by atoms with Crippen molar-refractivity contribution in [1.82, 2.24) is 4.98 Å². The fourth-order valence-electron chi connectivity index (χ4n) is 1.42. The number of thiazole rings is 1. The fourth-order valence-corrected chi connectivity index (χ4v) is 2.36. The fraction of sp³-hybridized carbons (Fsp3) is 0.167. The highest BCUT2D eigenvalue weighted by Gasteiger charge is 2.12. The molecule has 0 spiro atoms. The van der Waals surface area contributed by atoms with E-state index in [-0.39, 0.29) is 12.2 Å². The van der Waals surface area contributed by atoms with E-state index in [0.717, 1.165) is 15.2 Å². The summed E-state index contributed by atoms with van der Waals surface area (Å²) < 4.78 is 6.29. The quantitative estimate of drug-likeness (QED) is 0.933. The van der Waals surface area contributed by atoms with E-state index in [1.54, 1.807) is 12.1 Å².